The highest BCUT2D eigenvalue weighted by atomic mass is 32.2. The molecule has 0 bridgehead atoms. The molecule has 1 aromatic heterocycles. The molecule has 0 unspecified atom stereocenters. The Bertz CT molecular complexity index is 803. The average molecular weight is 318 g/mol. The fourth-order valence-electron chi connectivity index (χ4n) is 2.68. The smallest absolute Gasteiger partial charge is 0.248 e. The molecular formula is C16H18N2O3S. The first-order valence-electron chi connectivity index (χ1n) is 7.10. The molecule has 0 amide bonds. The molecule has 1 aromatic carbocycles. The number of methoxy groups -OCH3 is 1. The number of ether oxygens (including phenoxy) is 1. The Hall–Kier alpha value is -1.92. The van der Waals surface area contributed by atoms with Gasteiger partial charge in [-0.3, -0.25) is 0 Å². The summed E-state index contributed by atoms with van der Waals surface area (Å²) in [7, 11) is -2.19. The highest BCUT2D eigenvalue weighted by Gasteiger charge is 2.31. The second kappa shape index (κ2) is 5.70. The zero-order valence-electron chi connectivity index (χ0n) is 12.6. The molecule has 0 aliphatic carbocycles. The van der Waals surface area contributed by atoms with E-state index in [0.717, 1.165) is 17.5 Å². The van der Waals surface area contributed by atoms with Crippen molar-refractivity contribution in [2.45, 2.75) is 24.8 Å². The number of hydrogen-bond acceptors (Lipinski definition) is 4. The molecule has 6 heteroatoms. The Kier molecular flexibility index (Phi) is 3.88. The standard InChI is InChI=1S/C16H18N2O3S/c1-12-9-15(16(21-2)17-10-12)22(19,20)18-8-7-13-5-3-4-6-14(13)11-18/h3-6,9-10H,7-8,11H2,1-2H3. The lowest BCUT2D eigenvalue weighted by atomic mass is 10.0. The van der Waals surface area contributed by atoms with Gasteiger partial charge < -0.3 is 4.74 Å². The van der Waals surface area contributed by atoms with Crippen LogP contribution in [-0.4, -0.2) is 31.4 Å². The maximum Gasteiger partial charge on any atom is 0.248 e. The molecule has 5 nitrogen and oxygen atoms in total. The van der Waals surface area contributed by atoms with Gasteiger partial charge in [0, 0.05) is 19.3 Å². The van der Waals surface area contributed by atoms with Crippen LogP contribution in [0.3, 0.4) is 0 Å². The maximum absolute atomic E-state index is 12.9. The number of nitrogens with zero attached hydrogens (tertiary/aromatic N) is 2. The molecule has 0 saturated heterocycles. The first kappa shape index (κ1) is 15.0. The fraction of sp³-hybridized carbons (Fsp3) is 0.312. The molecule has 1 aliphatic heterocycles. The van der Waals surface area contributed by atoms with Crippen molar-refractivity contribution in [1.29, 1.82) is 0 Å². The van der Waals surface area contributed by atoms with E-state index in [1.807, 2.05) is 31.2 Å². The minimum atomic E-state index is -3.62. The van der Waals surface area contributed by atoms with E-state index in [0.29, 0.717) is 13.1 Å². The molecule has 1 aliphatic rings. The number of pyridine rings is 1. The lowest BCUT2D eigenvalue weighted by Gasteiger charge is -2.28. The van der Waals surface area contributed by atoms with E-state index in [9.17, 15) is 8.42 Å². The number of benzene rings is 1. The molecule has 0 atom stereocenters. The first-order chi connectivity index (χ1) is 10.5. The summed E-state index contributed by atoms with van der Waals surface area (Å²) in [6.07, 6.45) is 2.32. The van der Waals surface area contributed by atoms with E-state index in [4.69, 9.17) is 4.74 Å². The topological polar surface area (TPSA) is 59.5 Å². The van der Waals surface area contributed by atoms with Crippen molar-refractivity contribution in [2.75, 3.05) is 13.7 Å². The monoisotopic (exact) mass is 318 g/mol. The van der Waals surface area contributed by atoms with Gasteiger partial charge in [-0.05, 0) is 36.1 Å². The lowest BCUT2D eigenvalue weighted by molar-refractivity contribution is 0.369. The predicted octanol–water partition coefficient (Wildman–Crippen LogP) is 2.15. The largest absolute Gasteiger partial charge is 0.480 e. The lowest BCUT2D eigenvalue weighted by Crippen LogP contribution is -2.36. The van der Waals surface area contributed by atoms with Crippen molar-refractivity contribution in [3.05, 3.63) is 53.2 Å². The van der Waals surface area contributed by atoms with Gasteiger partial charge in [-0.1, -0.05) is 24.3 Å². The summed E-state index contributed by atoms with van der Waals surface area (Å²) in [5, 5.41) is 0. The van der Waals surface area contributed by atoms with Crippen LogP contribution in [0, 0.1) is 6.92 Å². The van der Waals surface area contributed by atoms with E-state index < -0.39 is 10.0 Å². The van der Waals surface area contributed by atoms with E-state index in [2.05, 4.69) is 4.98 Å². The quantitative estimate of drug-likeness (QED) is 0.870. The van der Waals surface area contributed by atoms with Crippen molar-refractivity contribution in [2.24, 2.45) is 0 Å². The van der Waals surface area contributed by atoms with Crippen LogP contribution < -0.4 is 4.74 Å². The third-order valence-electron chi connectivity index (χ3n) is 3.86. The van der Waals surface area contributed by atoms with E-state index in [1.54, 1.807) is 12.3 Å². The molecule has 116 valence electrons. The zero-order valence-corrected chi connectivity index (χ0v) is 13.4. The van der Waals surface area contributed by atoms with Gasteiger partial charge in [0.25, 0.3) is 0 Å². The normalized spacial score (nSPS) is 15.4. The number of aryl methyl sites for hydroxylation is 1. The van der Waals surface area contributed by atoms with Gasteiger partial charge in [-0.25, -0.2) is 13.4 Å². The van der Waals surface area contributed by atoms with Crippen LogP contribution in [0.25, 0.3) is 0 Å². The van der Waals surface area contributed by atoms with Crippen LogP contribution in [0.4, 0.5) is 0 Å². The second-order valence-corrected chi connectivity index (χ2v) is 7.28. The van der Waals surface area contributed by atoms with Crippen LogP contribution in [0.15, 0.2) is 41.4 Å². The fourth-order valence-corrected chi connectivity index (χ4v) is 4.29. The Labute approximate surface area is 130 Å². The van der Waals surface area contributed by atoms with Crippen LogP contribution in [0.2, 0.25) is 0 Å². The molecule has 3 rings (SSSR count). The molecular weight excluding hydrogens is 300 g/mol. The van der Waals surface area contributed by atoms with E-state index in [1.165, 1.54) is 17.0 Å². The number of fused-ring (bicyclic) bond motifs is 1. The van der Waals surface area contributed by atoms with Gasteiger partial charge in [0.1, 0.15) is 4.90 Å². The molecule has 0 N–H and O–H groups in total. The van der Waals surface area contributed by atoms with Crippen LogP contribution in [-0.2, 0) is 23.0 Å². The number of sulfonamides is 1. The molecule has 0 radical (unpaired) electrons. The van der Waals surface area contributed by atoms with Crippen molar-refractivity contribution >= 4 is 10.0 Å². The van der Waals surface area contributed by atoms with Gasteiger partial charge >= 0.3 is 0 Å². The SMILES string of the molecule is COc1ncc(C)cc1S(=O)(=O)N1CCc2ccccc2C1. The molecule has 0 saturated carbocycles. The molecule has 0 spiro atoms. The van der Waals surface area contributed by atoms with Crippen molar-refractivity contribution in [3.63, 3.8) is 0 Å². The second-order valence-electron chi connectivity index (χ2n) is 5.38. The maximum atomic E-state index is 12.9. The summed E-state index contributed by atoms with van der Waals surface area (Å²) in [6, 6.07) is 9.55. The van der Waals surface area contributed by atoms with Crippen LogP contribution in [0.1, 0.15) is 16.7 Å². The Morgan fingerprint density at radius 2 is 1.95 bits per heavy atom. The summed E-state index contributed by atoms with van der Waals surface area (Å²) >= 11 is 0. The van der Waals surface area contributed by atoms with Gasteiger partial charge in [-0.15, -0.1) is 0 Å². The third-order valence-corrected chi connectivity index (χ3v) is 5.70. The number of hydrogen-bond donors (Lipinski definition) is 0. The summed E-state index contributed by atoms with van der Waals surface area (Å²) < 4.78 is 32.5. The number of aromatic nitrogens is 1. The minimum absolute atomic E-state index is 0.134. The van der Waals surface area contributed by atoms with E-state index in [-0.39, 0.29) is 10.8 Å². The molecule has 2 aromatic rings. The summed E-state index contributed by atoms with van der Waals surface area (Å²) in [5.74, 6) is 0.143. The van der Waals surface area contributed by atoms with Gasteiger partial charge in [0.2, 0.25) is 15.9 Å². The highest BCUT2D eigenvalue weighted by Crippen LogP contribution is 2.29. The first-order valence-corrected chi connectivity index (χ1v) is 8.54. The summed E-state index contributed by atoms with van der Waals surface area (Å²) in [6.45, 7) is 2.67. The Morgan fingerprint density at radius 1 is 1.23 bits per heavy atom. The van der Waals surface area contributed by atoms with Gasteiger partial charge in [-0.2, -0.15) is 4.31 Å². The van der Waals surface area contributed by atoms with Gasteiger partial charge in [0.05, 0.1) is 7.11 Å². The average Bonchev–Trinajstić information content (AvgIpc) is 2.54. The van der Waals surface area contributed by atoms with Crippen molar-refractivity contribution in [3.8, 4) is 5.88 Å². The van der Waals surface area contributed by atoms with E-state index >= 15 is 0 Å². The Morgan fingerprint density at radius 3 is 2.68 bits per heavy atom. The summed E-state index contributed by atoms with van der Waals surface area (Å²) in [5.41, 5.74) is 3.05. The molecule has 2 heterocycles. The Balaban J connectivity index is 2.00. The van der Waals surface area contributed by atoms with Crippen LogP contribution in [0.5, 0.6) is 5.88 Å². The van der Waals surface area contributed by atoms with Gasteiger partial charge in [0.15, 0.2) is 0 Å². The predicted molar refractivity (Wildman–Crippen MR) is 83.3 cm³/mol. The zero-order chi connectivity index (χ0) is 15.7. The number of rotatable bonds is 3. The third kappa shape index (κ3) is 2.60. The minimum Gasteiger partial charge on any atom is -0.480 e. The molecule has 22 heavy (non-hydrogen) atoms. The highest BCUT2D eigenvalue weighted by molar-refractivity contribution is 7.89. The molecule has 0 fully saturated rings. The van der Waals surface area contributed by atoms with Crippen molar-refractivity contribution < 1.29 is 13.2 Å². The summed E-state index contributed by atoms with van der Waals surface area (Å²) in [4.78, 5) is 4.21. The van der Waals surface area contributed by atoms with Crippen molar-refractivity contribution in [1.82, 2.24) is 9.29 Å². The van der Waals surface area contributed by atoms with Crippen LogP contribution >= 0.6 is 0 Å².